The summed E-state index contributed by atoms with van der Waals surface area (Å²) in [6.45, 7) is 6.56. The van der Waals surface area contributed by atoms with Crippen molar-refractivity contribution in [2.45, 2.75) is 26.2 Å². The van der Waals surface area contributed by atoms with Crippen molar-refractivity contribution in [3.63, 3.8) is 0 Å². The first kappa shape index (κ1) is 13.6. The largest absolute Gasteiger partial charge is 0.496 e. The predicted octanol–water partition coefficient (Wildman–Crippen LogP) is 4.88. The molecule has 1 aromatic carbocycles. The summed E-state index contributed by atoms with van der Waals surface area (Å²) in [4.78, 5) is 4.45. The van der Waals surface area contributed by atoms with E-state index in [0.717, 1.165) is 20.9 Å². The zero-order valence-electron chi connectivity index (χ0n) is 11.0. The lowest BCUT2D eigenvalue weighted by molar-refractivity contribution is 0.397. The molecule has 0 saturated carbocycles. The molecule has 0 aliphatic heterocycles. The Morgan fingerprint density at radius 3 is 2.50 bits per heavy atom. The molecule has 0 amide bonds. The quantitative estimate of drug-likeness (QED) is 0.785. The molecule has 0 unspecified atom stereocenters. The number of methoxy groups -OCH3 is 1. The van der Waals surface area contributed by atoms with Gasteiger partial charge in [-0.15, -0.1) is 11.3 Å². The van der Waals surface area contributed by atoms with Crippen LogP contribution in [-0.4, -0.2) is 12.1 Å². The summed E-state index contributed by atoms with van der Waals surface area (Å²) in [5.74, 6) is 0.931. The summed E-state index contributed by atoms with van der Waals surface area (Å²) in [6.07, 6.45) is 0. The van der Waals surface area contributed by atoms with Gasteiger partial charge < -0.3 is 4.74 Å². The van der Waals surface area contributed by atoms with Gasteiger partial charge in [0, 0.05) is 16.5 Å². The third kappa shape index (κ3) is 2.75. The molecule has 1 heterocycles. The van der Waals surface area contributed by atoms with Crippen LogP contribution >= 0.6 is 27.3 Å². The SMILES string of the molecule is COc1ccc(-c2csc(Br)n2)cc1C(C)(C)C. The Bertz CT molecular complexity index is 557. The van der Waals surface area contributed by atoms with E-state index in [0.29, 0.717) is 0 Å². The van der Waals surface area contributed by atoms with Gasteiger partial charge in [-0.25, -0.2) is 4.98 Å². The zero-order valence-corrected chi connectivity index (χ0v) is 13.4. The summed E-state index contributed by atoms with van der Waals surface area (Å²) in [5, 5.41) is 2.05. The lowest BCUT2D eigenvalue weighted by Crippen LogP contribution is -2.12. The second kappa shape index (κ2) is 5.02. The predicted molar refractivity (Wildman–Crippen MR) is 80.5 cm³/mol. The van der Waals surface area contributed by atoms with Crippen molar-refractivity contribution in [1.82, 2.24) is 4.98 Å². The highest BCUT2D eigenvalue weighted by atomic mass is 79.9. The van der Waals surface area contributed by atoms with Crippen molar-refractivity contribution in [1.29, 1.82) is 0 Å². The monoisotopic (exact) mass is 325 g/mol. The Kier molecular flexibility index (Phi) is 3.78. The van der Waals surface area contributed by atoms with Gasteiger partial charge >= 0.3 is 0 Å². The minimum Gasteiger partial charge on any atom is -0.496 e. The van der Waals surface area contributed by atoms with Crippen LogP contribution in [0, 0.1) is 0 Å². The van der Waals surface area contributed by atoms with Crippen LogP contribution in [0.4, 0.5) is 0 Å². The van der Waals surface area contributed by atoms with E-state index in [4.69, 9.17) is 4.74 Å². The van der Waals surface area contributed by atoms with E-state index in [-0.39, 0.29) is 5.41 Å². The first-order valence-corrected chi connectivity index (χ1v) is 7.39. The molecule has 0 bridgehead atoms. The molecule has 0 aliphatic carbocycles. The number of nitrogens with zero attached hydrogens (tertiary/aromatic N) is 1. The maximum Gasteiger partial charge on any atom is 0.159 e. The topological polar surface area (TPSA) is 22.1 Å². The van der Waals surface area contributed by atoms with Gasteiger partial charge in [-0.3, -0.25) is 0 Å². The highest BCUT2D eigenvalue weighted by Crippen LogP contribution is 2.35. The third-order valence-corrected chi connectivity index (χ3v) is 4.14. The number of aromatic nitrogens is 1. The number of benzene rings is 1. The lowest BCUT2D eigenvalue weighted by atomic mass is 9.85. The summed E-state index contributed by atoms with van der Waals surface area (Å²) in [7, 11) is 1.71. The van der Waals surface area contributed by atoms with E-state index in [1.54, 1.807) is 18.4 Å². The lowest BCUT2D eigenvalue weighted by Gasteiger charge is -2.22. The van der Waals surface area contributed by atoms with Gasteiger partial charge in [0.05, 0.1) is 12.8 Å². The summed E-state index contributed by atoms with van der Waals surface area (Å²) >= 11 is 5.00. The number of thiazole rings is 1. The molecule has 0 aliphatic rings. The van der Waals surface area contributed by atoms with E-state index < -0.39 is 0 Å². The van der Waals surface area contributed by atoms with Crippen molar-refractivity contribution < 1.29 is 4.74 Å². The molecule has 0 atom stereocenters. The molecule has 0 N–H and O–H groups in total. The van der Waals surface area contributed by atoms with Crippen LogP contribution in [-0.2, 0) is 5.41 Å². The van der Waals surface area contributed by atoms with E-state index >= 15 is 0 Å². The van der Waals surface area contributed by atoms with E-state index in [1.165, 1.54) is 5.56 Å². The van der Waals surface area contributed by atoms with Crippen molar-refractivity contribution in [3.05, 3.63) is 33.1 Å². The molecule has 0 spiro atoms. The molecule has 18 heavy (non-hydrogen) atoms. The molecule has 96 valence electrons. The zero-order chi connectivity index (χ0) is 13.3. The highest BCUT2D eigenvalue weighted by molar-refractivity contribution is 9.11. The standard InChI is InChI=1S/C14H16BrNOS/c1-14(2,3)10-7-9(5-6-12(10)17-4)11-8-18-13(15)16-11/h5-8H,1-4H3. The number of halogens is 1. The van der Waals surface area contributed by atoms with E-state index in [2.05, 4.69) is 59.2 Å². The van der Waals surface area contributed by atoms with Gasteiger partial charge in [0.1, 0.15) is 5.75 Å². The molecule has 0 fully saturated rings. The molecule has 2 nitrogen and oxygen atoms in total. The highest BCUT2D eigenvalue weighted by Gasteiger charge is 2.20. The molecular formula is C14H16BrNOS. The van der Waals surface area contributed by atoms with Crippen LogP contribution in [0.5, 0.6) is 5.75 Å². The van der Waals surface area contributed by atoms with Crippen LogP contribution in [0.25, 0.3) is 11.3 Å². The summed E-state index contributed by atoms with van der Waals surface area (Å²) in [5.41, 5.74) is 3.38. The van der Waals surface area contributed by atoms with Gasteiger partial charge in [-0.2, -0.15) is 0 Å². The normalized spacial score (nSPS) is 11.6. The van der Waals surface area contributed by atoms with Crippen molar-refractivity contribution >= 4 is 27.3 Å². The first-order valence-electron chi connectivity index (χ1n) is 5.72. The van der Waals surface area contributed by atoms with Crippen LogP contribution in [0.3, 0.4) is 0 Å². The smallest absolute Gasteiger partial charge is 0.159 e. The fourth-order valence-electron chi connectivity index (χ4n) is 1.84. The average molecular weight is 326 g/mol. The number of ether oxygens (including phenoxy) is 1. The van der Waals surface area contributed by atoms with Crippen molar-refractivity contribution in [3.8, 4) is 17.0 Å². The Labute approximate surface area is 120 Å². The van der Waals surface area contributed by atoms with Crippen LogP contribution in [0.2, 0.25) is 0 Å². The Morgan fingerprint density at radius 2 is 2.00 bits per heavy atom. The molecule has 2 rings (SSSR count). The second-order valence-corrected chi connectivity index (χ2v) is 7.28. The second-order valence-electron chi connectivity index (χ2n) is 5.15. The fraction of sp³-hybridized carbons (Fsp3) is 0.357. The summed E-state index contributed by atoms with van der Waals surface area (Å²) in [6, 6.07) is 6.24. The minimum atomic E-state index is 0.0502. The first-order chi connectivity index (χ1) is 8.41. The maximum atomic E-state index is 5.44. The maximum absolute atomic E-state index is 5.44. The molecule has 4 heteroatoms. The molecule has 1 aromatic heterocycles. The molecular weight excluding hydrogens is 310 g/mol. The molecule has 0 radical (unpaired) electrons. The van der Waals surface area contributed by atoms with Gasteiger partial charge in [-0.05, 0) is 39.5 Å². The Morgan fingerprint density at radius 1 is 1.28 bits per heavy atom. The van der Waals surface area contributed by atoms with Gasteiger partial charge in [0.25, 0.3) is 0 Å². The summed E-state index contributed by atoms with van der Waals surface area (Å²) < 4.78 is 6.35. The fourth-order valence-corrected chi connectivity index (χ4v) is 2.86. The number of rotatable bonds is 2. The molecule has 2 aromatic rings. The van der Waals surface area contributed by atoms with Gasteiger partial charge in [0.2, 0.25) is 0 Å². The Balaban J connectivity index is 2.52. The van der Waals surface area contributed by atoms with E-state index in [1.807, 2.05) is 6.07 Å². The van der Waals surface area contributed by atoms with Crippen molar-refractivity contribution in [2.75, 3.05) is 7.11 Å². The van der Waals surface area contributed by atoms with Gasteiger partial charge in [0.15, 0.2) is 3.92 Å². The third-order valence-electron chi connectivity index (χ3n) is 2.78. The van der Waals surface area contributed by atoms with E-state index in [9.17, 15) is 0 Å². The number of hydrogen-bond donors (Lipinski definition) is 0. The van der Waals surface area contributed by atoms with Crippen LogP contribution in [0.1, 0.15) is 26.3 Å². The average Bonchev–Trinajstić information content (AvgIpc) is 2.74. The minimum absolute atomic E-state index is 0.0502. The van der Waals surface area contributed by atoms with Crippen LogP contribution < -0.4 is 4.74 Å². The van der Waals surface area contributed by atoms with Crippen LogP contribution in [0.15, 0.2) is 27.5 Å². The Hall–Kier alpha value is -0.870. The van der Waals surface area contributed by atoms with Gasteiger partial charge in [-0.1, -0.05) is 20.8 Å². The molecule has 0 saturated heterocycles. The number of hydrogen-bond acceptors (Lipinski definition) is 3. The van der Waals surface area contributed by atoms with Crippen molar-refractivity contribution in [2.24, 2.45) is 0 Å².